The van der Waals surface area contributed by atoms with Crippen LogP contribution in [0.3, 0.4) is 0 Å². The number of esters is 1. The van der Waals surface area contributed by atoms with Crippen LogP contribution in [0, 0.1) is 11.3 Å². The molecule has 0 aliphatic carbocycles. The van der Waals surface area contributed by atoms with Gasteiger partial charge < -0.3 is 35.3 Å². The molecular formula is C23H23ClF2N4O7. The van der Waals surface area contributed by atoms with Crippen molar-refractivity contribution < 1.29 is 42.5 Å². The SMILES string of the molecule is COC(=O)c1cccc(N2CCO[C@H]([C@@H](O)C(=O)Nc3ccc(C#N)c(CN)c3)C2=O)c1OC(F)F.Cl. The van der Waals surface area contributed by atoms with Crippen molar-refractivity contribution in [1.82, 2.24) is 0 Å². The van der Waals surface area contributed by atoms with E-state index in [-0.39, 0.29) is 49.0 Å². The predicted molar refractivity (Wildman–Crippen MR) is 127 cm³/mol. The Morgan fingerprint density at radius 2 is 2.08 bits per heavy atom. The molecule has 1 aliphatic rings. The topological polar surface area (TPSA) is 164 Å². The summed E-state index contributed by atoms with van der Waals surface area (Å²) < 4.78 is 40.7. The Morgan fingerprint density at radius 1 is 1.35 bits per heavy atom. The van der Waals surface area contributed by atoms with Gasteiger partial charge in [-0.05, 0) is 35.9 Å². The number of halogens is 3. The number of hydrogen-bond acceptors (Lipinski definition) is 9. The summed E-state index contributed by atoms with van der Waals surface area (Å²) in [5.74, 6) is -3.48. The van der Waals surface area contributed by atoms with Crippen molar-refractivity contribution in [3.8, 4) is 11.8 Å². The minimum atomic E-state index is -3.32. The number of aliphatic hydroxyl groups excluding tert-OH is 1. The molecule has 0 aromatic heterocycles. The second-order valence-electron chi connectivity index (χ2n) is 7.43. The standard InChI is InChI=1S/C23H22F2N4O7.ClH/c1-34-22(33)15-3-2-4-16(18(15)36-23(24)25)29-7-8-35-19(21(29)32)17(30)20(31)28-14-6-5-12(10-26)13(9-14)11-27;/h2-6,9,17,19,23,30H,7-8,11,27H2,1H3,(H,28,31);1H/t17-,19-;/m1./s1. The molecule has 2 aromatic rings. The minimum Gasteiger partial charge on any atom is -0.465 e. The predicted octanol–water partition coefficient (Wildman–Crippen LogP) is 1.56. The Morgan fingerprint density at radius 3 is 2.70 bits per heavy atom. The minimum absolute atomic E-state index is 0. The number of anilines is 2. The molecule has 0 bridgehead atoms. The van der Waals surface area contributed by atoms with Crippen LogP contribution in [0.2, 0.25) is 0 Å². The van der Waals surface area contributed by atoms with Crippen LogP contribution < -0.4 is 20.7 Å². The fourth-order valence-electron chi connectivity index (χ4n) is 3.60. The number of nitriles is 1. The number of amides is 2. The van der Waals surface area contributed by atoms with Gasteiger partial charge in [-0.15, -0.1) is 12.4 Å². The molecule has 2 atom stereocenters. The molecule has 11 nitrogen and oxygen atoms in total. The van der Waals surface area contributed by atoms with Gasteiger partial charge in [0, 0.05) is 18.8 Å². The number of carbonyl (C=O) groups excluding carboxylic acids is 3. The molecule has 2 aromatic carbocycles. The van der Waals surface area contributed by atoms with Crippen molar-refractivity contribution in [2.45, 2.75) is 25.4 Å². The van der Waals surface area contributed by atoms with Crippen LogP contribution in [-0.4, -0.2) is 62.0 Å². The number of para-hydroxylation sites is 1. The molecule has 1 aliphatic heterocycles. The lowest BCUT2D eigenvalue weighted by Crippen LogP contribution is -2.55. The normalized spacial score (nSPS) is 15.9. The molecule has 37 heavy (non-hydrogen) atoms. The summed E-state index contributed by atoms with van der Waals surface area (Å²) in [4.78, 5) is 38.8. The summed E-state index contributed by atoms with van der Waals surface area (Å²) >= 11 is 0. The molecule has 198 valence electrons. The van der Waals surface area contributed by atoms with Crippen molar-refractivity contribution in [3.05, 3.63) is 53.1 Å². The quantitative estimate of drug-likeness (QED) is 0.421. The molecule has 0 spiro atoms. The van der Waals surface area contributed by atoms with Gasteiger partial charge in [0.25, 0.3) is 11.8 Å². The van der Waals surface area contributed by atoms with E-state index in [1.807, 2.05) is 6.07 Å². The van der Waals surface area contributed by atoms with Crippen molar-refractivity contribution in [1.29, 1.82) is 5.26 Å². The first-order chi connectivity index (χ1) is 17.2. The van der Waals surface area contributed by atoms with Crippen molar-refractivity contribution in [2.24, 2.45) is 5.73 Å². The summed E-state index contributed by atoms with van der Waals surface area (Å²) in [5.41, 5.74) is 6.05. The summed E-state index contributed by atoms with van der Waals surface area (Å²) in [5, 5.41) is 22.1. The number of alkyl halides is 2. The van der Waals surface area contributed by atoms with Gasteiger partial charge in [-0.1, -0.05) is 6.07 Å². The van der Waals surface area contributed by atoms with E-state index in [0.29, 0.717) is 11.1 Å². The van der Waals surface area contributed by atoms with Gasteiger partial charge in [0.15, 0.2) is 18.0 Å². The number of nitrogens with two attached hydrogens (primary N) is 1. The van der Waals surface area contributed by atoms with Crippen LogP contribution in [0.15, 0.2) is 36.4 Å². The van der Waals surface area contributed by atoms with Gasteiger partial charge in [0.2, 0.25) is 0 Å². The summed E-state index contributed by atoms with van der Waals surface area (Å²) in [7, 11) is 1.05. The van der Waals surface area contributed by atoms with Crippen LogP contribution in [-0.2, 0) is 25.6 Å². The lowest BCUT2D eigenvalue weighted by molar-refractivity contribution is -0.150. The first kappa shape index (κ1) is 29.4. The number of methoxy groups -OCH3 is 1. The molecule has 1 fully saturated rings. The Hall–Kier alpha value is -3.83. The number of carbonyl (C=O) groups is 3. The van der Waals surface area contributed by atoms with E-state index < -0.39 is 42.4 Å². The average Bonchev–Trinajstić information content (AvgIpc) is 2.87. The van der Waals surface area contributed by atoms with Gasteiger partial charge in [-0.2, -0.15) is 14.0 Å². The van der Waals surface area contributed by atoms with Crippen LogP contribution in [0.5, 0.6) is 5.75 Å². The lowest BCUT2D eigenvalue weighted by atomic mass is 10.1. The maximum absolute atomic E-state index is 13.1. The van der Waals surface area contributed by atoms with E-state index in [1.54, 1.807) is 0 Å². The van der Waals surface area contributed by atoms with Crippen LogP contribution in [0.4, 0.5) is 20.2 Å². The van der Waals surface area contributed by atoms with E-state index in [0.717, 1.165) is 12.0 Å². The Balaban J connectivity index is 0.00000481. The van der Waals surface area contributed by atoms with Crippen LogP contribution in [0.25, 0.3) is 0 Å². The van der Waals surface area contributed by atoms with Crippen LogP contribution in [0.1, 0.15) is 21.5 Å². The second-order valence-corrected chi connectivity index (χ2v) is 7.43. The van der Waals surface area contributed by atoms with E-state index in [4.69, 9.17) is 15.7 Å². The van der Waals surface area contributed by atoms with Gasteiger partial charge in [-0.25, -0.2) is 4.79 Å². The molecule has 0 unspecified atom stereocenters. The zero-order valence-electron chi connectivity index (χ0n) is 19.4. The number of hydrogen-bond donors (Lipinski definition) is 3. The van der Waals surface area contributed by atoms with Crippen molar-refractivity contribution in [2.75, 3.05) is 30.5 Å². The van der Waals surface area contributed by atoms with E-state index >= 15 is 0 Å². The molecular weight excluding hydrogens is 518 g/mol. The Labute approximate surface area is 216 Å². The average molecular weight is 541 g/mol. The zero-order chi connectivity index (χ0) is 26.4. The largest absolute Gasteiger partial charge is 0.465 e. The highest BCUT2D eigenvalue weighted by atomic mass is 35.5. The number of rotatable bonds is 8. The molecule has 3 rings (SSSR count). The first-order valence-corrected chi connectivity index (χ1v) is 10.5. The third-order valence-electron chi connectivity index (χ3n) is 5.29. The second kappa shape index (κ2) is 12.9. The Bertz CT molecular complexity index is 1210. The number of nitrogens with zero attached hydrogens (tertiary/aromatic N) is 2. The highest BCUT2D eigenvalue weighted by Crippen LogP contribution is 2.35. The molecule has 14 heteroatoms. The van der Waals surface area contributed by atoms with Gasteiger partial charge in [0.1, 0.15) is 5.56 Å². The number of ether oxygens (including phenoxy) is 3. The first-order valence-electron chi connectivity index (χ1n) is 10.5. The maximum atomic E-state index is 13.1. The summed E-state index contributed by atoms with van der Waals surface area (Å²) in [6, 6.07) is 10.1. The number of aliphatic hydroxyl groups is 1. The monoisotopic (exact) mass is 540 g/mol. The third kappa shape index (κ3) is 6.49. The molecule has 1 saturated heterocycles. The van der Waals surface area contributed by atoms with Gasteiger partial charge in [-0.3, -0.25) is 9.59 Å². The maximum Gasteiger partial charge on any atom is 0.387 e. The third-order valence-corrected chi connectivity index (χ3v) is 5.29. The number of nitrogens with one attached hydrogen (secondary N) is 1. The molecule has 2 amide bonds. The molecule has 1 heterocycles. The fourth-order valence-corrected chi connectivity index (χ4v) is 3.60. The molecule has 4 N–H and O–H groups in total. The van der Waals surface area contributed by atoms with Crippen LogP contribution >= 0.6 is 12.4 Å². The molecule has 0 radical (unpaired) electrons. The highest BCUT2D eigenvalue weighted by Gasteiger charge is 2.40. The van der Waals surface area contributed by atoms with Gasteiger partial charge >= 0.3 is 12.6 Å². The Kier molecular flexibility index (Phi) is 10.3. The number of morpholine rings is 1. The van der Waals surface area contributed by atoms with Crippen molar-refractivity contribution >= 4 is 41.6 Å². The van der Waals surface area contributed by atoms with E-state index in [2.05, 4.69) is 14.8 Å². The zero-order valence-corrected chi connectivity index (χ0v) is 20.2. The highest BCUT2D eigenvalue weighted by molar-refractivity contribution is 6.05. The molecule has 0 saturated carbocycles. The van der Waals surface area contributed by atoms with Crippen molar-refractivity contribution in [3.63, 3.8) is 0 Å². The smallest absolute Gasteiger partial charge is 0.387 e. The van der Waals surface area contributed by atoms with E-state index in [9.17, 15) is 28.3 Å². The van der Waals surface area contributed by atoms with Gasteiger partial charge in [0.05, 0.1) is 31.0 Å². The fraction of sp³-hybridized carbons (Fsp3) is 0.304. The number of benzene rings is 2. The lowest BCUT2D eigenvalue weighted by Gasteiger charge is -2.35. The summed E-state index contributed by atoms with van der Waals surface area (Å²) in [6.45, 7) is -3.58. The summed E-state index contributed by atoms with van der Waals surface area (Å²) in [6.07, 6.45) is -3.67. The van der Waals surface area contributed by atoms with E-state index in [1.165, 1.54) is 36.4 Å².